The van der Waals surface area contributed by atoms with E-state index in [0.717, 1.165) is 26.2 Å². The second-order valence-electron chi connectivity index (χ2n) is 4.51. The molecule has 1 aromatic rings. The third-order valence-electron chi connectivity index (χ3n) is 3.17. The molecule has 0 aliphatic carbocycles. The molecule has 0 bridgehead atoms. The number of methoxy groups -OCH3 is 1. The number of carbonyl (C=O) groups excluding carboxylic acids is 1. The molecule has 20 heavy (non-hydrogen) atoms. The fourth-order valence-electron chi connectivity index (χ4n) is 2.12. The van der Waals surface area contributed by atoms with Crippen molar-refractivity contribution in [2.45, 2.75) is 0 Å². The first-order chi connectivity index (χ1) is 9.76. The van der Waals surface area contributed by atoms with Gasteiger partial charge in [0.1, 0.15) is 6.61 Å². The molecule has 1 heterocycles. The summed E-state index contributed by atoms with van der Waals surface area (Å²) in [6.45, 7) is 7.15. The van der Waals surface area contributed by atoms with Gasteiger partial charge in [-0.05, 0) is 18.2 Å². The van der Waals surface area contributed by atoms with Gasteiger partial charge in [0.25, 0.3) is 5.91 Å². The minimum Gasteiger partial charge on any atom is -0.493 e. The normalized spacial score (nSPS) is 14.8. The number of ether oxygens (including phenoxy) is 2. The van der Waals surface area contributed by atoms with E-state index in [1.54, 1.807) is 31.4 Å². The van der Waals surface area contributed by atoms with Crippen molar-refractivity contribution in [3.8, 4) is 11.5 Å². The number of rotatable bonds is 5. The van der Waals surface area contributed by atoms with E-state index in [9.17, 15) is 4.79 Å². The first-order valence-electron chi connectivity index (χ1n) is 6.68. The van der Waals surface area contributed by atoms with Crippen LogP contribution in [0.15, 0.2) is 30.9 Å². The van der Waals surface area contributed by atoms with Crippen molar-refractivity contribution in [3.63, 3.8) is 0 Å². The van der Waals surface area contributed by atoms with Crippen LogP contribution in [0.3, 0.4) is 0 Å². The second-order valence-corrected chi connectivity index (χ2v) is 4.51. The van der Waals surface area contributed by atoms with Crippen LogP contribution in [0.5, 0.6) is 11.5 Å². The van der Waals surface area contributed by atoms with E-state index >= 15 is 0 Å². The summed E-state index contributed by atoms with van der Waals surface area (Å²) in [6.07, 6.45) is 1.67. The quantitative estimate of drug-likeness (QED) is 0.824. The molecule has 1 amide bonds. The summed E-state index contributed by atoms with van der Waals surface area (Å²) in [5.74, 6) is 1.21. The largest absolute Gasteiger partial charge is 0.493 e. The van der Waals surface area contributed by atoms with E-state index in [4.69, 9.17) is 9.47 Å². The van der Waals surface area contributed by atoms with Crippen LogP contribution in [-0.2, 0) is 0 Å². The predicted molar refractivity (Wildman–Crippen MR) is 77.5 cm³/mol. The number of hydrogen-bond acceptors (Lipinski definition) is 4. The molecule has 0 spiro atoms. The Morgan fingerprint density at radius 3 is 2.80 bits per heavy atom. The minimum absolute atomic E-state index is 0.0278. The summed E-state index contributed by atoms with van der Waals surface area (Å²) in [4.78, 5) is 14.2. The molecule has 0 radical (unpaired) electrons. The number of carbonyl (C=O) groups is 1. The number of hydrogen-bond donors (Lipinski definition) is 1. The fourth-order valence-corrected chi connectivity index (χ4v) is 2.12. The third-order valence-corrected chi connectivity index (χ3v) is 3.17. The highest BCUT2D eigenvalue weighted by molar-refractivity contribution is 5.95. The van der Waals surface area contributed by atoms with Gasteiger partial charge in [0.15, 0.2) is 11.5 Å². The van der Waals surface area contributed by atoms with E-state index in [0.29, 0.717) is 23.7 Å². The molecule has 2 rings (SSSR count). The lowest BCUT2D eigenvalue weighted by molar-refractivity contribution is 0.0735. The zero-order valence-corrected chi connectivity index (χ0v) is 11.7. The van der Waals surface area contributed by atoms with Crippen LogP contribution in [0.2, 0.25) is 0 Å². The standard InChI is InChI=1S/C15H20N2O3/c1-3-10-20-13-5-4-12(11-14(13)19-2)15(18)17-8-6-16-7-9-17/h3-5,11,16H,1,6-10H2,2H3. The van der Waals surface area contributed by atoms with Gasteiger partial charge in [0.05, 0.1) is 7.11 Å². The topological polar surface area (TPSA) is 50.8 Å². The maximum Gasteiger partial charge on any atom is 0.254 e. The molecule has 108 valence electrons. The van der Waals surface area contributed by atoms with E-state index in [1.807, 2.05) is 4.90 Å². The molecule has 1 aliphatic rings. The first kappa shape index (κ1) is 14.4. The van der Waals surface area contributed by atoms with Crippen molar-refractivity contribution in [1.82, 2.24) is 10.2 Å². The Morgan fingerprint density at radius 2 is 2.15 bits per heavy atom. The van der Waals surface area contributed by atoms with Crippen molar-refractivity contribution in [2.24, 2.45) is 0 Å². The molecule has 1 aromatic carbocycles. The molecule has 1 N–H and O–H groups in total. The van der Waals surface area contributed by atoms with Gasteiger partial charge in [-0.25, -0.2) is 0 Å². The highest BCUT2D eigenvalue weighted by atomic mass is 16.5. The monoisotopic (exact) mass is 276 g/mol. The summed E-state index contributed by atoms with van der Waals surface area (Å²) >= 11 is 0. The summed E-state index contributed by atoms with van der Waals surface area (Å²) in [6, 6.07) is 5.26. The van der Waals surface area contributed by atoms with Crippen molar-refractivity contribution in [3.05, 3.63) is 36.4 Å². The molecule has 0 saturated carbocycles. The smallest absolute Gasteiger partial charge is 0.254 e. The van der Waals surface area contributed by atoms with Crippen LogP contribution in [0.4, 0.5) is 0 Å². The molecule has 0 atom stereocenters. The lowest BCUT2D eigenvalue weighted by atomic mass is 10.1. The van der Waals surface area contributed by atoms with Crippen LogP contribution in [0.1, 0.15) is 10.4 Å². The van der Waals surface area contributed by atoms with Crippen molar-refractivity contribution < 1.29 is 14.3 Å². The minimum atomic E-state index is 0.0278. The van der Waals surface area contributed by atoms with Gasteiger partial charge in [0, 0.05) is 31.7 Å². The number of nitrogens with one attached hydrogen (secondary N) is 1. The number of nitrogens with zero attached hydrogens (tertiary/aromatic N) is 1. The molecule has 5 nitrogen and oxygen atoms in total. The summed E-state index contributed by atoms with van der Waals surface area (Å²) in [7, 11) is 1.56. The Hall–Kier alpha value is -2.01. The average Bonchev–Trinajstić information content (AvgIpc) is 2.52. The summed E-state index contributed by atoms with van der Waals surface area (Å²) < 4.78 is 10.8. The Balaban J connectivity index is 2.15. The molecule has 1 aliphatic heterocycles. The Morgan fingerprint density at radius 1 is 1.40 bits per heavy atom. The SMILES string of the molecule is C=CCOc1ccc(C(=O)N2CCNCC2)cc1OC. The van der Waals surface area contributed by atoms with Crippen molar-refractivity contribution in [1.29, 1.82) is 0 Å². The Kier molecular flexibility index (Phi) is 5.01. The molecule has 0 aromatic heterocycles. The van der Waals surface area contributed by atoms with Crippen LogP contribution in [-0.4, -0.2) is 50.7 Å². The number of piperazine rings is 1. The van der Waals surface area contributed by atoms with E-state index < -0.39 is 0 Å². The number of benzene rings is 1. The molecule has 5 heteroatoms. The molecule has 1 fully saturated rings. The van der Waals surface area contributed by atoms with E-state index in [1.165, 1.54) is 0 Å². The molecular formula is C15H20N2O3. The summed E-state index contributed by atoms with van der Waals surface area (Å²) in [5.41, 5.74) is 0.620. The maximum absolute atomic E-state index is 12.4. The lowest BCUT2D eigenvalue weighted by Crippen LogP contribution is -2.46. The molecular weight excluding hydrogens is 256 g/mol. The van der Waals surface area contributed by atoms with Crippen LogP contribution in [0, 0.1) is 0 Å². The highest BCUT2D eigenvalue weighted by Crippen LogP contribution is 2.28. The van der Waals surface area contributed by atoms with Crippen molar-refractivity contribution >= 4 is 5.91 Å². The van der Waals surface area contributed by atoms with Gasteiger partial charge in [-0.2, -0.15) is 0 Å². The Labute approximate surface area is 119 Å². The van der Waals surface area contributed by atoms with E-state index in [-0.39, 0.29) is 5.91 Å². The van der Waals surface area contributed by atoms with Gasteiger partial charge >= 0.3 is 0 Å². The fraction of sp³-hybridized carbons (Fsp3) is 0.400. The maximum atomic E-state index is 12.4. The summed E-state index contributed by atoms with van der Waals surface area (Å²) in [5, 5.41) is 3.23. The average molecular weight is 276 g/mol. The Bertz CT molecular complexity index is 482. The molecule has 0 unspecified atom stereocenters. The zero-order valence-electron chi connectivity index (χ0n) is 11.7. The van der Waals surface area contributed by atoms with Gasteiger partial charge < -0.3 is 19.7 Å². The lowest BCUT2D eigenvalue weighted by Gasteiger charge is -2.27. The number of amides is 1. The van der Waals surface area contributed by atoms with Gasteiger partial charge in [-0.3, -0.25) is 4.79 Å². The van der Waals surface area contributed by atoms with Crippen LogP contribution >= 0.6 is 0 Å². The van der Waals surface area contributed by atoms with Crippen molar-refractivity contribution in [2.75, 3.05) is 39.9 Å². The second kappa shape index (κ2) is 6.96. The predicted octanol–water partition coefficient (Wildman–Crippen LogP) is 1.31. The van der Waals surface area contributed by atoms with Gasteiger partial charge in [0.2, 0.25) is 0 Å². The van der Waals surface area contributed by atoms with Crippen LogP contribution in [0.25, 0.3) is 0 Å². The third kappa shape index (κ3) is 3.30. The zero-order chi connectivity index (χ0) is 14.4. The highest BCUT2D eigenvalue weighted by Gasteiger charge is 2.19. The van der Waals surface area contributed by atoms with Crippen LogP contribution < -0.4 is 14.8 Å². The van der Waals surface area contributed by atoms with E-state index in [2.05, 4.69) is 11.9 Å². The molecule has 1 saturated heterocycles. The first-order valence-corrected chi connectivity index (χ1v) is 6.68. The van der Waals surface area contributed by atoms with Gasteiger partial charge in [-0.1, -0.05) is 12.7 Å². The van der Waals surface area contributed by atoms with Gasteiger partial charge in [-0.15, -0.1) is 0 Å².